The quantitative estimate of drug-likeness (QED) is 0.463. The van der Waals surface area contributed by atoms with Crippen molar-refractivity contribution < 1.29 is 35.9 Å². The van der Waals surface area contributed by atoms with Gasteiger partial charge in [-0.25, -0.2) is 0 Å². The van der Waals surface area contributed by atoms with E-state index in [2.05, 4.69) is 0 Å². The molecule has 0 spiro atoms. The summed E-state index contributed by atoms with van der Waals surface area (Å²) in [7, 11) is 0. The zero-order valence-corrected chi connectivity index (χ0v) is 14.0. The van der Waals surface area contributed by atoms with E-state index in [-0.39, 0.29) is 42.0 Å². The van der Waals surface area contributed by atoms with Gasteiger partial charge in [0.15, 0.2) is 6.29 Å². The molecule has 3 rings (SSSR count). The average molecular weight is 390 g/mol. The second-order valence-corrected chi connectivity index (χ2v) is 6.63. The fourth-order valence-corrected chi connectivity index (χ4v) is 3.55. The smallest absolute Gasteiger partial charge is 0.420 e. The third-order valence-corrected chi connectivity index (χ3v) is 4.88. The second-order valence-electron chi connectivity index (χ2n) is 6.63. The van der Waals surface area contributed by atoms with Crippen LogP contribution in [0.5, 0.6) is 5.75 Å². The minimum absolute atomic E-state index is 0.0227. The lowest BCUT2D eigenvalue weighted by Gasteiger charge is -2.31. The molecule has 0 N–H and O–H groups in total. The molecule has 1 saturated carbocycles. The Labute approximate surface area is 151 Å². The van der Waals surface area contributed by atoms with E-state index < -0.39 is 35.7 Å². The van der Waals surface area contributed by atoms with E-state index in [9.17, 15) is 31.1 Å². The number of alkyl halides is 6. The molecule has 146 valence electrons. The first-order valence-electron chi connectivity index (χ1n) is 8.42. The molecule has 0 aromatic heterocycles. The molecule has 2 nitrogen and oxygen atoms in total. The first-order chi connectivity index (χ1) is 12.6. The molecule has 1 fully saturated rings. The zero-order valence-electron chi connectivity index (χ0n) is 14.0. The van der Waals surface area contributed by atoms with Gasteiger partial charge in [0.25, 0.3) is 0 Å². The Morgan fingerprint density at radius 1 is 0.926 bits per heavy atom. The molecule has 27 heavy (non-hydrogen) atoms. The zero-order chi connectivity index (χ0) is 19.8. The number of hydrogen-bond donors (Lipinski definition) is 0. The molecule has 0 radical (unpaired) electrons. The van der Waals surface area contributed by atoms with Gasteiger partial charge in [-0.05, 0) is 37.1 Å². The Morgan fingerprint density at radius 2 is 1.59 bits per heavy atom. The van der Waals surface area contributed by atoms with Crippen molar-refractivity contribution in [2.24, 2.45) is 5.92 Å². The number of ether oxygens (including phenoxy) is 1. The molecule has 8 heteroatoms. The predicted octanol–water partition coefficient (Wildman–Crippen LogP) is 6.17. The molecule has 2 aromatic rings. The fraction of sp³-hybridized carbons (Fsp3) is 0.421. The van der Waals surface area contributed by atoms with Crippen LogP contribution in [0.15, 0.2) is 30.3 Å². The minimum Gasteiger partial charge on any atom is -0.490 e. The highest BCUT2D eigenvalue weighted by atomic mass is 19.4. The highest BCUT2D eigenvalue weighted by Gasteiger charge is 2.43. The van der Waals surface area contributed by atoms with Gasteiger partial charge < -0.3 is 4.74 Å². The molecule has 0 unspecified atom stereocenters. The molecule has 0 heterocycles. The van der Waals surface area contributed by atoms with Crippen molar-refractivity contribution in [1.29, 1.82) is 0 Å². The minimum atomic E-state index is -4.78. The van der Waals surface area contributed by atoms with Gasteiger partial charge in [0.2, 0.25) is 0 Å². The Bertz CT molecular complexity index is 832. The Balaban J connectivity index is 1.95. The largest absolute Gasteiger partial charge is 0.490 e. The van der Waals surface area contributed by atoms with E-state index >= 15 is 0 Å². The van der Waals surface area contributed by atoms with Crippen LogP contribution in [-0.2, 0) is 6.18 Å². The fourth-order valence-electron chi connectivity index (χ4n) is 3.55. The van der Waals surface area contributed by atoms with Crippen molar-refractivity contribution >= 4 is 17.1 Å². The molecule has 1 aliphatic rings. The van der Waals surface area contributed by atoms with Crippen LogP contribution in [0.2, 0.25) is 0 Å². The summed E-state index contributed by atoms with van der Waals surface area (Å²) in [5.41, 5.74) is -1.19. The maximum atomic E-state index is 13.7. The summed E-state index contributed by atoms with van der Waals surface area (Å²) in [5, 5.41) is -0.0264. The van der Waals surface area contributed by atoms with Crippen LogP contribution < -0.4 is 4.74 Å². The van der Waals surface area contributed by atoms with Gasteiger partial charge >= 0.3 is 12.4 Å². The first-order valence-corrected chi connectivity index (χ1v) is 8.42. The molecular formula is C19H16F6O2. The number of carbonyl (C=O) groups is 1. The molecule has 0 saturated heterocycles. The van der Waals surface area contributed by atoms with Crippen LogP contribution >= 0.6 is 0 Å². The van der Waals surface area contributed by atoms with Crippen molar-refractivity contribution in [3.63, 3.8) is 0 Å². The van der Waals surface area contributed by atoms with Crippen LogP contribution in [0, 0.1) is 5.92 Å². The number of carbonyl (C=O) groups excluding carboxylic acids is 1. The number of rotatable bonds is 3. The maximum absolute atomic E-state index is 13.7. The van der Waals surface area contributed by atoms with Gasteiger partial charge in [0.1, 0.15) is 11.3 Å². The molecule has 2 aromatic carbocycles. The number of halogens is 6. The Kier molecular flexibility index (Phi) is 5.10. The van der Waals surface area contributed by atoms with E-state index in [1.807, 2.05) is 0 Å². The Hall–Kier alpha value is -2.25. The van der Waals surface area contributed by atoms with Gasteiger partial charge in [0.05, 0.1) is 12.0 Å². The molecule has 0 aliphatic heterocycles. The van der Waals surface area contributed by atoms with E-state index in [0.29, 0.717) is 6.29 Å². The lowest BCUT2D eigenvalue weighted by molar-refractivity contribution is -0.185. The SMILES string of the molecule is O=Cc1cccc2ccc(O[C@H]3CC[C@@H](C(F)(F)F)CC3)c(C(F)(F)F)c12. The molecule has 0 amide bonds. The molecular weight excluding hydrogens is 374 g/mol. The van der Waals surface area contributed by atoms with Gasteiger partial charge in [-0.1, -0.05) is 24.3 Å². The second kappa shape index (κ2) is 7.05. The van der Waals surface area contributed by atoms with Crippen LogP contribution in [-0.4, -0.2) is 18.6 Å². The third-order valence-electron chi connectivity index (χ3n) is 4.88. The van der Waals surface area contributed by atoms with E-state index in [1.54, 1.807) is 0 Å². The lowest BCUT2D eigenvalue weighted by atomic mass is 9.87. The van der Waals surface area contributed by atoms with Crippen molar-refractivity contribution in [3.8, 4) is 5.75 Å². The molecule has 0 atom stereocenters. The van der Waals surface area contributed by atoms with Crippen molar-refractivity contribution in [2.45, 2.75) is 44.1 Å². The number of aldehydes is 1. The number of hydrogen-bond acceptors (Lipinski definition) is 2. The summed E-state index contributed by atoms with van der Waals surface area (Å²) < 4.78 is 84.9. The highest BCUT2D eigenvalue weighted by molar-refractivity contribution is 6.01. The predicted molar refractivity (Wildman–Crippen MR) is 86.8 cm³/mol. The van der Waals surface area contributed by atoms with Gasteiger partial charge in [-0.2, -0.15) is 26.3 Å². The topological polar surface area (TPSA) is 26.3 Å². The summed E-state index contributed by atoms with van der Waals surface area (Å²) in [6.45, 7) is 0. The van der Waals surface area contributed by atoms with Crippen LogP contribution in [0.3, 0.4) is 0 Å². The molecule has 0 bridgehead atoms. The summed E-state index contributed by atoms with van der Waals surface area (Å²) in [4.78, 5) is 11.2. The van der Waals surface area contributed by atoms with Gasteiger partial charge in [-0.15, -0.1) is 0 Å². The summed E-state index contributed by atoms with van der Waals surface area (Å²) in [6.07, 6.45) is -9.78. The third kappa shape index (κ3) is 4.04. The van der Waals surface area contributed by atoms with Crippen molar-refractivity contribution in [1.82, 2.24) is 0 Å². The highest BCUT2D eigenvalue weighted by Crippen LogP contribution is 2.44. The molecule has 1 aliphatic carbocycles. The monoisotopic (exact) mass is 390 g/mol. The van der Waals surface area contributed by atoms with E-state index in [1.165, 1.54) is 24.3 Å². The number of fused-ring (bicyclic) bond motifs is 1. The standard InChI is InChI=1S/C19H16F6O2/c20-18(21,22)13-5-7-14(8-6-13)27-15-9-4-11-2-1-3-12(10-26)16(11)17(15)19(23,24)25/h1-4,9-10,13-14H,5-8H2/t13-,14+. The first kappa shape index (κ1) is 19.5. The van der Waals surface area contributed by atoms with E-state index in [4.69, 9.17) is 4.74 Å². The van der Waals surface area contributed by atoms with Crippen LogP contribution in [0.25, 0.3) is 10.8 Å². The van der Waals surface area contributed by atoms with E-state index in [0.717, 1.165) is 6.07 Å². The Morgan fingerprint density at radius 3 is 2.15 bits per heavy atom. The van der Waals surface area contributed by atoms with Gasteiger partial charge in [-0.3, -0.25) is 4.79 Å². The summed E-state index contributed by atoms with van der Waals surface area (Å²) in [5.74, 6) is -1.91. The van der Waals surface area contributed by atoms with Crippen molar-refractivity contribution in [2.75, 3.05) is 0 Å². The normalized spacial score (nSPS) is 21.3. The van der Waals surface area contributed by atoms with Crippen LogP contribution in [0.4, 0.5) is 26.3 Å². The average Bonchev–Trinajstić information content (AvgIpc) is 2.59. The maximum Gasteiger partial charge on any atom is 0.420 e. The lowest BCUT2D eigenvalue weighted by Crippen LogP contribution is -2.32. The summed E-state index contributed by atoms with van der Waals surface area (Å²) >= 11 is 0. The summed E-state index contributed by atoms with van der Waals surface area (Å²) in [6, 6.07) is 6.79. The van der Waals surface area contributed by atoms with Crippen molar-refractivity contribution in [3.05, 3.63) is 41.5 Å². The van der Waals surface area contributed by atoms with Gasteiger partial charge in [0, 0.05) is 10.9 Å². The number of benzene rings is 2. The van der Waals surface area contributed by atoms with Crippen LogP contribution in [0.1, 0.15) is 41.6 Å².